The van der Waals surface area contributed by atoms with Crippen LogP contribution in [0.15, 0.2) is 11.6 Å². The van der Waals surface area contributed by atoms with Gasteiger partial charge in [-0.05, 0) is 0 Å². The predicted molar refractivity (Wildman–Crippen MR) is 62.3 cm³/mol. The number of imidazole rings is 1. The minimum absolute atomic E-state index is 0.0383. The molecule has 0 aliphatic rings. The molecule has 4 nitrogen and oxygen atoms in total. The average Bonchev–Trinajstić information content (AvgIpc) is 2.90. The summed E-state index contributed by atoms with van der Waals surface area (Å²) in [5, 5.41) is 4.08. The number of methoxy groups -OCH3 is 1. The van der Waals surface area contributed by atoms with Crippen LogP contribution in [0.4, 0.5) is 17.6 Å². The van der Waals surface area contributed by atoms with E-state index in [1.807, 2.05) is 0 Å². The van der Waals surface area contributed by atoms with Crippen molar-refractivity contribution in [2.75, 3.05) is 13.7 Å². The van der Waals surface area contributed by atoms with Gasteiger partial charge in [0.2, 0.25) is 5.88 Å². The molecule has 106 valence electrons. The van der Waals surface area contributed by atoms with Crippen LogP contribution < -0.4 is 10.1 Å². The van der Waals surface area contributed by atoms with Crippen molar-refractivity contribution in [3.8, 4) is 5.88 Å². The highest BCUT2D eigenvalue weighted by Crippen LogP contribution is 2.24. The number of nitrogens with one attached hydrogen (secondary N) is 1. The Morgan fingerprint density at radius 1 is 1.53 bits per heavy atom. The molecule has 0 aliphatic heterocycles. The molecule has 0 unspecified atom stereocenters. The lowest BCUT2D eigenvalue weighted by Gasteiger charge is -2.15. The number of ether oxygens (including phenoxy) is 1. The molecule has 0 fully saturated rings. The maximum atomic E-state index is 12.7. The largest absolute Gasteiger partial charge is 0.480 e. The van der Waals surface area contributed by atoms with Crippen LogP contribution >= 0.6 is 11.3 Å². The Morgan fingerprint density at radius 3 is 2.89 bits per heavy atom. The minimum atomic E-state index is -4.05. The van der Waals surface area contributed by atoms with Gasteiger partial charge >= 0.3 is 12.3 Å². The van der Waals surface area contributed by atoms with E-state index in [2.05, 4.69) is 10.3 Å². The maximum absolute atomic E-state index is 12.7. The number of rotatable bonds is 6. The number of hydrogen-bond acceptors (Lipinski definition) is 4. The van der Waals surface area contributed by atoms with Crippen LogP contribution in [-0.2, 0) is 6.54 Å². The van der Waals surface area contributed by atoms with Gasteiger partial charge in [0.05, 0.1) is 13.7 Å². The van der Waals surface area contributed by atoms with E-state index in [0.29, 0.717) is 16.5 Å². The van der Waals surface area contributed by atoms with E-state index in [1.54, 1.807) is 16.0 Å². The van der Waals surface area contributed by atoms with Crippen molar-refractivity contribution in [2.24, 2.45) is 0 Å². The highest BCUT2D eigenvalue weighted by atomic mass is 32.1. The zero-order valence-corrected chi connectivity index (χ0v) is 10.7. The first-order valence-corrected chi connectivity index (χ1v) is 6.19. The van der Waals surface area contributed by atoms with Gasteiger partial charge < -0.3 is 10.1 Å². The predicted octanol–water partition coefficient (Wildman–Crippen LogP) is 2.39. The average molecular weight is 297 g/mol. The molecule has 0 aliphatic carbocycles. The first-order chi connectivity index (χ1) is 8.95. The lowest BCUT2D eigenvalue weighted by atomic mass is 10.3. The van der Waals surface area contributed by atoms with Gasteiger partial charge in [0.25, 0.3) is 0 Å². The molecule has 0 aromatic carbocycles. The highest BCUT2D eigenvalue weighted by molar-refractivity contribution is 7.15. The number of hydrogen-bond donors (Lipinski definition) is 1. The van der Waals surface area contributed by atoms with Crippen molar-refractivity contribution in [1.29, 1.82) is 0 Å². The Hall–Kier alpha value is -1.35. The summed E-state index contributed by atoms with van der Waals surface area (Å²) in [7, 11) is 1.41. The number of alkyl halides is 4. The number of thiazole rings is 1. The zero-order valence-electron chi connectivity index (χ0n) is 9.87. The summed E-state index contributed by atoms with van der Waals surface area (Å²) in [4.78, 5) is 4.77. The quantitative estimate of drug-likeness (QED) is 0.832. The number of halogens is 4. The molecular weight excluding hydrogens is 286 g/mol. The Balaban J connectivity index is 2.07. The van der Waals surface area contributed by atoms with Crippen LogP contribution in [0.25, 0.3) is 4.96 Å². The standard InChI is InChI=1S/C10H11F4N3OS/c1-18-7-6(17-2-3-19-9(17)16-7)4-15-5-10(13,14)8(11)12/h2-3,8,15H,4-5H2,1H3. The summed E-state index contributed by atoms with van der Waals surface area (Å²) in [6.07, 6.45) is -1.98. The molecule has 9 heteroatoms. The Labute approximate surface area is 110 Å². The zero-order chi connectivity index (χ0) is 14.0. The molecule has 2 aromatic rings. The smallest absolute Gasteiger partial charge is 0.319 e. The van der Waals surface area contributed by atoms with Gasteiger partial charge in [0.1, 0.15) is 5.69 Å². The third-order valence-corrected chi connectivity index (χ3v) is 3.25. The van der Waals surface area contributed by atoms with Gasteiger partial charge in [-0.1, -0.05) is 0 Å². The molecule has 19 heavy (non-hydrogen) atoms. The number of fused-ring (bicyclic) bond motifs is 1. The van der Waals surface area contributed by atoms with E-state index >= 15 is 0 Å². The van der Waals surface area contributed by atoms with Crippen LogP contribution in [0.2, 0.25) is 0 Å². The Morgan fingerprint density at radius 2 is 2.26 bits per heavy atom. The van der Waals surface area contributed by atoms with Gasteiger partial charge in [0, 0.05) is 18.1 Å². The van der Waals surface area contributed by atoms with Crippen molar-refractivity contribution < 1.29 is 22.3 Å². The van der Waals surface area contributed by atoms with E-state index in [0.717, 1.165) is 0 Å². The molecule has 0 spiro atoms. The molecule has 0 saturated heterocycles. The second-order valence-corrected chi connectivity index (χ2v) is 4.66. The summed E-state index contributed by atoms with van der Waals surface area (Å²) in [6.45, 7) is -1.14. The molecule has 1 N–H and O–H groups in total. The second kappa shape index (κ2) is 5.33. The van der Waals surface area contributed by atoms with Crippen LogP contribution in [0.3, 0.4) is 0 Å². The maximum Gasteiger partial charge on any atom is 0.319 e. The van der Waals surface area contributed by atoms with Gasteiger partial charge in [-0.25, -0.2) is 8.78 Å². The van der Waals surface area contributed by atoms with E-state index in [4.69, 9.17) is 4.74 Å². The molecule has 2 rings (SSSR count). The SMILES string of the molecule is COc1nc2sccn2c1CNCC(F)(F)C(F)F. The fraction of sp³-hybridized carbons (Fsp3) is 0.500. The van der Waals surface area contributed by atoms with Gasteiger partial charge in [-0.3, -0.25) is 4.40 Å². The monoisotopic (exact) mass is 297 g/mol. The fourth-order valence-corrected chi connectivity index (χ4v) is 2.29. The summed E-state index contributed by atoms with van der Waals surface area (Å²) in [5.74, 6) is -3.76. The Kier molecular flexibility index (Phi) is 3.95. The normalized spacial score (nSPS) is 12.5. The van der Waals surface area contributed by atoms with E-state index in [9.17, 15) is 17.6 Å². The van der Waals surface area contributed by atoms with Crippen LogP contribution in [0.5, 0.6) is 5.88 Å². The lowest BCUT2D eigenvalue weighted by molar-refractivity contribution is -0.125. The van der Waals surface area contributed by atoms with Crippen LogP contribution in [-0.4, -0.2) is 35.4 Å². The first kappa shape index (κ1) is 14.1. The topological polar surface area (TPSA) is 38.6 Å². The highest BCUT2D eigenvalue weighted by Gasteiger charge is 2.40. The summed E-state index contributed by atoms with van der Waals surface area (Å²) in [5.41, 5.74) is 0.517. The summed E-state index contributed by atoms with van der Waals surface area (Å²) < 4.78 is 56.2. The van der Waals surface area contributed by atoms with Gasteiger partial charge in [-0.2, -0.15) is 13.8 Å². The van der Waals surface area contributed by atoms with Crippen molar-refractivity contribution in [3.63, 3.8) is 0 Å². The molecule has 0 saturated carbocycles. The fourth-order valence-electron chi connectivity index (χ4n) is 1.56. The molecule has 0 bridgehead atoms. The van der Waals surface area contributed by atoms with E-state index in [-0.39, 0.29) is 6.54 Å². The lowest BCUT2D eigenvalue weighted by Crippen LogP contribution is -2.38. The van der Waals surface area contributed by atoms with Crippen molar-refractivity contribution in [2.45, 2.75) is 18.9 Å². The van der Waals surface area contributed by atoms with Crippen molar-refractivity contribution in [3.05, 3.63) is 17.3 Å². The van der Waals surface area contributed by atoms with E-state index in [1.165, 1.54) is 18.4 Å². The number of nitrogens with zero attached hydrogens (tertiary/aromatic N) is 2. The molecule has 2 heterocycles. The van der Waals surface area contributed by atoms with E-state index < -0.39 is 18.9 Å². The third-order valence-electron chi connectivity index (χ3n) is 2.49. The van der Waals surface area contributed by atoms with Crippen LogP contribution in [0.1, 0.15) is 5.69 Å². The van der Waals surface area contributed by atoms with Crippen LogP contribution in [0, 0.1) is 0 Å². The first-order valence-electron chi connectivity index (χ1n) is 5.31. The summed E-state index contributed by atoms with van der Waals surface area (Å²) >= 11 is 1.36. The van der Waals surface area contributed by atoms with Gasteiger partial charge in [0.15, 0.2) is 4.96 Å². The molecule has 0 radical (unpaired) electrons. The Bertz CT molecular complexity index is 554. The molecule has 0 atom stereocenters. The van der Waals surface area contributed by atoms with Gasteiger partial charge in [-0.15, -0.1) is 11.3 Å². The van der Waals surface area contributed by atoms with Crippen molar-refractivity contribution in [1.82, 2.24) is 14.7 Å². The van der Waals surface area contributed by atoms with Crippen molar-refractivity contribution >= 4 is 16.3 Å². The second-order valence-electron chi connectivity index (χ2n) is 3.79. The summed E-state index contributed by atoms with van der Waals surface area (Å²) in [6, 6.07) is 0. The third kappa shape index (κ3) is 2.81. The molecular formula is C10H11F4N3OS. The molecule has 2 aromatic heterocycles. The number of aromatic nitrogens is 2. The molecule has 0 amide bonds. The minimum Gasteiger partial charge on any atom is -0.480 e.